The molecule has 5 rings (SSSR count). The van der Waals surface area contributed by atoms with Gasteiger partial charge >= 0.3 is 0 Å². The number of halogens is 1. The van der Waals surface area contributed by atoms with Gasteiger partial charge in [0.1, 0.15) is 16.9 Å². The summed E-state index contributed by atoms with van der Waals surface area (Å²) in [7, 11) is 0. The van der Waals surface area contributed by atoms with Crippen molar-refractivity contribution in [3.8, 4) is 10.6 Å². The van der Waals surface area contributed by atoms with Crippen molar-refractivity contribution in [1.29, 1.82) is 0 Å². The van der Waals surface area contributed by atoms with Gasteiger partial charge in [0.05, 0.1) is 11.4 Å². The summed E-state index contributed by atoms with van der Waals surface area (Å²) in [5.74, 6) is -0.498. The van der Waals surface area contributed by atoms with E-state index in [1.54, 1.807) is 40.0 Å². The largest absolute Gasteiger partial charge is 0.350 e. The van der Waals surface area contributed by atoms with Crippen LogP contribution in [-0.4, -0.2) is 27.1 Å². The Morgan fingerprint density at radius 3 is 2.60 bits per heavy atom. The topological polar surface area (TPSA) is 67.2 Å². The molecule has 0 radical (unpaired) electrons. The number of nitrogens with one attached hydrogen (secondary N) is 1. The fraction of sp³-hybridized carbons (Fsp3) is 0.222. The van der Waals surface area contributed by atoms with Gasteiger partial charge in [0, 0.05) is 17.3 Å². The van der Waals surface area contributed by atoms with E-state index in [0.717, 1.165) is 32.9 Å². The number of carbonyl (C=O) groups is 2. The van der Waals surface area contributed by atoms with Crippen LogP contribution in [0.1, 0.15) is 34.1 Å². The van der Waals surface area contributed by atoms with Gasteiger partial charge in [0.25, 0.3) is 5.91 Å². The maximum Gasteiger partial charge on any atom is 0.277 e. The lowest BCUT2D eigenvalue weighted by atomic mass is 9.92. The Hall–Kier alpha value is -3.42. The molecule has 2 amide bonds. The molecule has 6 nitrogen and oxygen atoms in total. The SMILES string of the molecule is Cc1ccc(N2C(=O)c3cc(-c4cccs4)nn3C[C@@]2(C)C(=O)NCc2ccc(Cl)cc2)c(C)c1. The average Bonchev–Trinajstić information content (AvgIpc) is 3.50. The van der Waals surface area contributed by atoms with Gasteiger partial charge in [-0.25, -0.2) is 0 Å². The summed E-state index contributed by atoms with van der Waals surface area (Å²) < 4.78 is 1.67. The fourth-order valence-corrected chi connectivity index (χ4v) is 5.34. The smallest absolute Gasteiger partial charge is 0.277 e. The standard InChI is InChI=1S/C27H25ClN4O2S/c1-17-6-11-22(18(2)13-17)32-25(33)23-14-21(24-5-4-12-35-24)30-31(23)16-27(32,3)26(34)29-15-19-7-9-20(28)10-8-19/h4-14H,15-16H2,1-3H3,(H,29,34)/t27-/m0/s1. The minimum atomic E-state index is -1.19. The second kappa shape index (κ2) is 8.98. The second-order valence-corrected chi connectivity index (χ2v) is 10.4. The van der Waals surface area contributed by atoms with Crippen LogP contribution in [0.2, 0.25) is 5.02 Å². The summed E-state index contributed by atoms with van der Waals surface area (Å²) in [6.07, 6.45) is 0. The predicted molar refractivity (Wildman–Crippen MR) is 140 cm³/mol. The third-order valence-corrected chi connectivity index (χ3v) is 7.52. The highest BCUT2D eigenvalue weighted by atomic mass is 35.5. The second-order valence-electron chi connectivity index (χ2n) is 9.06. The molecule has 1 aliphatic rings. The molecule has 0 fully saturated rings. The van der Waals surface area contributed by atoms with Gasteiger partial charge in [-0.3, -0.25) is 19.2 Å². The van der Waals surface area contributed by atoms with Crippen LogP contribution >= 0.6 is 22.9 Å². The molecule has 0 saturated carbocycles. The molecule has 0 saturated heterocycles. The van der Waals surface area contributed by atoms with Gasteiger partial charge in [0.2, 0.25) is 5.91 Å². The van der Waals surface area contributed by atoms with E-state index < -0.39 is 5.54 Å². The fourth-order valence-electron chi connectivity index (χ4n) is 4.54. The third-order valence-electron chi connectivity index (χ3n) is 6.38. The average molecular weight is 505 g/mol. The van der Waals surface area contributed by atoms with Crippen molar-refractivity contribution in [2.75, 3.05) is 4.90 Å². The summed E-state index contributed by atoms with van der Waals surface area (Å²) in [6.45, 7) is 6.34. The molecule has 178 valence electrons. The first kappa shape index (κ1) is 23.3. The molecule has 0 unspecified atom stereocenters. The number of nitrogens with zero attached hydrogens (tertiary/aromatic N) is 3. The number of aryl methyl sites for hydroxylation is 2. The zero-order valence-electron chi connectivity index (χ0n) is 19.7. The maximum absolute atomic E-state index is 13.9. The van der Waals surface area contributed by atoms with Crippen LogP contribution in [0.15, 0.2) is 66.0 Å². The van der Waals surface area contributed by atoms with E-state index >= 15 is 0 Å². The zero-order valence-corrected chi connectivity index (χ0v) is 21.3. The Morgan fingerprint density at radius 1 is 1.14 bits per heavy atom. The quantitative estimate of drug-likeness (QED) is 0.383. The Labute approximate surface area is 213 Å². The van der Waals surface area contributed by atoms with Gasteiger partial charge in [-0.2, -0.15) is 5.10 Å². The molecule has 0 bridgehead atoms. The first-order chi connectivity index (χ1) is 16.8. The number of fused-ring (bicyclic) bond motifs is 1. The summed E-state index contributed by atoms with van der Waals surface area (Å²) in [4.78, 5) is 30.3. The summed E-state index contributed by atoms with van der Waals surface area (Å²) in [5.41, 5.74) is 3.68. The van der Waals surface area contributed by atoms with Crippen LogP contribution < -0.4 is 10.2 Å². The van der Waals surface area contributed by atoms with E-state index in [1.807, 2.05) is 67.8 Å². The zero-order chi connectivity index (χ0) is 24.7. The molecular weight excluding hydrogens is 480 g/mol. The van der Waals surface area contributed by atoms with E-state index in [1.165, 1.54) is 0 Å². The molecule has 0 spiro atoms. The molecule has 2 aromatic heterocycles. The maximum atomic E-state index is 13.9. The Balaban J connectivity index is 1.55. The monoisotopic (exact) mass is 504 g/mol. The van der Waals surface area contributed by atoms with Crippen molar-refractivity contribution < 1.29 is 9.59 Å². The number of hydrogen-bond acceptors (Lipinski definition) is 4. The van der Waals surface area contributed by atoms with Crippen molar-refractivity contribution in [2.45, 2.75) is 39.4 Å². The van der Waals surface area contributed by atoms with Crippen LogP contribution in [0.25, 0.3) is 10.6 Å². The number of rotatable bonds is 5. The van der Waals surface area contributed by atoms with Crippen LogP contribution in [0.5, 0.6) is 0 Å². The summed E-state index contributed by atoms with van der Waals surface area (Å²) in [6, 6.07) is 19.0. The highest BCUT2D eigenvalue weighted by molar-refractivity contribution is 7.13. The molecule has 1 N–H and O–H groups in total. The Morgan fingerprint density at radius 2 is 1.91 bits per heavy atom. The summed E-state index contributed by atoms with van der Waals surface area (Å²) in [5, 5.41) is 10.3. The van der Waals surface area contributed by atoms with Gasteiger partial charge in [-0.15, -0.1) is 11.3 Å². The van der Waals surface area contributed by atoms with Crippen LogP contribution in [0.4, 0.5) is 5.69 Å². The van der Waals surface area contributed by atoms with Gasteiger partial charge in [-0.05, 0) is 67.6 Å². The van der Waals surface area contributed by atoms with Crippen molar-refractivity contribution in [3.63, 3.8) is 0 Å². The molecule has 3 heterocycles. The van der Waals surface area contributed by atoms with Crippen LogP contribution in [0, 0.1) is 13.8 Å². The first-order valence-corrected chi connectivity index (χ1v) is 12.6. The number of amides is 2. The molecular formula is C27H25ClN4O2S. The normalized spacial score (nSPS) is 17.4. The molecule has 0 aliphatic carbocycles. The highest BCUT2D eigenvalue weighted by Crippen LogP contribution is 2.36. The number of thiophene rings is 1. The van der Waals surface area contributed by atoms with Crippen molar-refractivity contribution in [3.05, 3.63) is 93.5 Å². The first-order valence-electron chi connectivity index (χ1n) is 11.3. The van der Waals surface area contributed by atoms with Gasteiger partial charge < -0.3 is 5.32 Å². The molecule has 35 heavy (non-hydrogen) atoms. The molecule has 8 heteroatoms. The van der Waals surface area contributed by atoms with E-state index in [9.17, 15) is 9.59 Å². The molecule has 2 aromatic carbocycles. The third kappa shape index (κ3) is 4.26. The van der Waals surface area contributed by atoms with Gasteiger partial charge in [-0.1, -0.05) is 47.5 Å². The van der Waals surface area contributed by atoms with Gasteiger partial charge in [0.15, 0.2) is 0 Å². The molecule has 1 aliphatic heterocycles. The lowest BCUT2D eigenvalue weighted by Crippen LogP contribution is -2.64. The number of carbonyl (C=O) groups excluding carboxylic acids is 2. The minimum Gasteiger partial charge on any atom is -0.350 e. The van der Waals surface area contributed by atoms with E-state index in [-0.39, 0.29) is 18.4 Å². The molecule has 4 aromatic rings. The Kier molecular flexibility index (Phi) is 5.99. The van der Waals surface area contributed by atoms with E-state index in [4.69, 9.17) is 16.7 Å². The summed E-state index contributed by atoms with van der Waals surface area (Å²) >= 11 is 7.56. The minimum absolute atomic E-state index is 0.235. The number of anilines is 1. The number of hydrogen-bond donors (Lipinski definition) is 1. The lowest BCUT2D eigenvalue weighted by molar-refractivity contribution is -0.126. The van der Waals surface area contributed by atoms with E-state index in [2.05, 4.69) is 5.32 Å². The Bertz CT molecular complexity index is 1410. The van der Waals surface area contributed by atoms with Crippen LogP contribution in [0.3, 0.4) is 0 Å². The number of benzene rings is 2. The number of aromatic nitrogens is 2. The van der Waals surface area contributed by atoms with Crippen molar-refractivity contribution in [1.82, 2.24) is 15.1 Å². The van der Waals surface area contributed by atoms with E-state index in [0.29, 0.717) is 17.3 Å². The predicted octanol–water partition coefficient (Wildman–Crippen LogP) is 5.62. The molecule has 1 atom stereocenters. The van der Waals surface area contributed by atoms with Crippen molar-refractivity contribution in [2.24, 2.45) is 0 Å². The lowest BCUT2D eigenvalue weighted by Gasteiger charge is -2.43. The van der Waals surface area contributed by atoms with Crippen LogP contribution in [-0.2, 0) is 17.9 Å². The highest BCUT2D eigenvalue weighted by Gasteiger charge is 2.49. The van der Waals surface area contributed by atoms with Crippen molar-refractivity contribution >= 4 is 40.4 Å².